The van der Waals surface area contributed by atoms with Crippen LogP contribution in [0.4, 0.5) is 17.1 Å². The number of ether oxygens (including phenoxy) is 1. The van der Waals surface area contributed by atoms with E-state index < -0.39 is 5.41 Å². The molecule has 11 aromatic rings. The fraction of sp³-hybridized carbons (Fsp3) is 0.0175. The summed E-state index contributed by atoms with van der Waals surface area (Å²) in [5.74, 6) is 1.80. The van der Waals surface area contributed by atoms with E-state index in [1.807, 2.05) is 0 Å². The molecule has 0 N–H and O–H groups in total. The average molecular weight is 766 g/mol. The minimum atomic E-state index is -0.518. The Morgan fingerprint density at radius 3 is 1.77 bits per heavy atom. The van der Waals surface area contributed by atoms with Gasteiger partial charge in [-0.15, -0.1) is 0 Å². The second-order valence-electron chi connectivity index (χ2n) is 15.9. The highest BCUT2D eigenvalue weighted by molar-refractivity contribution is 6.20. The van der Waals surface area contributed by atoms with Crippen LogP contribution >= 0.6 is 0 Å². The standard InChI is InChI=1S/C57H35NO2/c1-3-17-40-36(14-1)16-11-25-49(40)58(50-26-13-29-53-55(50)44-35-32-37-15-2-4-18-42(37)56(44)60-53)39-33-30-38(31-34-39)41-20-12-24-48-54(41)43-19-5-6-21-45(43)57(48)46-22-7-9-27-51(46)59-52-28-10-8-23-47(52)57/h1-35H. The number of benzene rings is 10. The summed E-state index contributed by atoms with van der Waals surface area (Å²) in [5.41, 5.74) is 14.3. The zero-order chi connectivity index (χ0) is 39.4. The van der Waals surface area contributed by atoms with Crippen molar-refractivity contribution >= 4 is 60.5 Å². The van der Waals surface area contributed by atoms with Crippen molar-refractivity contribution in [2.75, 3.05) is 4.90 Å². The summed E-state index contributed by atoms with van der Waals surface area (Å²) in [7, 11) is 0. The average Bonchev–Trinajstić information content (AvgIpc) is 3.85. The number of furan rings is 1. The monoisotopic (exact) mass is 765 g/mol. The minimum absolute atomic E-state index is 0.518. The number of fused-ring (bicyclic) bond motifs is 15. The maximum atomic E-state index is 6.72. The number of hydrogen-bond donors (Lipinski definition) is 0. The van der Waals surface area contributed by atoms with Crippen LogP contribution in [-0.2, 0) is 5.41 Å². The van der Waals surface area contributed by atoms with Gasteiger partial charge in [-0.25, -0.2) is 0 Å². The van der Waals surface area contributed by atoms with Crippen molar-refractivity contribution in [3.05, 3.63) is 235 Å². The Balaban J connectivity index is 1.03. The summed E-state index contributed by atoms with van der Waals surface area (Å²) >= 11 is 0. The van der Waals surface area contributed by atoms with Gasteiger partial charge < -0.3 is 14.1 Å². The van der Waals surface area contributed by atoms with Crippen molar-refractivity contribution in [2.45, 2.75) is 5.41 Å². The van der Waals surface area contributed by atoms with E-state index in [0.29, 0.717) is 0 Å². The summed E-state index contributed by atoms with van der Waals surface area (Å²) < 4.78 is 13.3. The third kappa shape index (κ3) is 4.49. The van der Waals surface area contributed by atoms with E-state index in [-0.39, 0.29) is 0 Å². The molecule has 0 saturated heterocycles. The maximum Gasteiger partial charge on any atom is 0.143 e. The predicted molar refractivity (Wildman–Crippen MR) is 246 cm³/mol. The molecule has 60 heavy (non-hydrogen) atoms. The zero-order valence-electron chi connectivity index (χ0n) is 32.5. The van der Waals surface area contributed by atoms with E-state index in [4.69, 9.17) is 9.15 Å². The summed E-state index contributed by atoms with van der Waals surface area (Å²) in [5, 5.41) is 6.84. The van der Waals surface area contributed by atoms with Crippen LogP contribution in [0.25, 0.3) is 65.7 Å². The molecule has 0 amide bonds. The molecule has 2 heterocycles. The van der Waals surface area contributed by atoms with Crippen molar-refractivity contribution in [2.24, 2.45) is 0 Å². The molecular weight excluding hydrogens is 731 g/mol. The van der Waals surface area contributed by atoms with Gasteiger partial charge in [0.25, 0.3) is 0 Å². The van der Waals surface area contributed by atoms with Crippen LogP contribution in [0.5, 0.6) is 11.5 Å². The van der Waals surface area contributed by atoms with Crippen LogP contribution in [0.2, 0.25) is 0 Å². The van der Waals surface area contributed by atoms with Crippen molar-refractivity contribution < 1.29 is 9.15 Å². The first kappa shape index (κ1) is 33.1. The van der Waals surface area contributed by atoms with Crippen LogP contribution in [-0.4, -0.2) is 0 Å². The van der Waals surface area contributed by atoms with Gasteiger partial charge in [0, 0.05) is 33.0 Å². The number of hydrogen-bond acceptors (Lipinski definition) is 3. The Morgan fingerprint density at radius 1 is 0.383 bits per heavy atom. The Morgan fingerprint density at radius 2 is 0.967 bits per heavy atom. The van der Waals surface area contributed by atoms with Gasteiger partial charge in [0.05, 0.1) is 22.2 Å². The van der Waals surface area contributed by atoms with E-state index in [2.05, 4.69) is 217 Å². The number of para-hydroxylation sites is 2. The number of anilines is 3. The van der Waals surface area contributed by atoms with Gasteiger partial charge in [-0.3, -0.25) is 0 Å². The van der Waals surface area contributed by atoms with Gasteiger partial charge >= 0.3 is 0 Å². The number of rotatable bonds is 4. The lowest BCUT2D eigenvalue weighted by Gasteiger charge is -2.39. The third-order valence-corrected chi connectivity index (χ3v) is 12.9. The van der Waals surface area contributed by atoms with E-state index in [9.17, 15) is 0 Å². The second-order valence-corrected chi connectivity index (χ2v) is 15.9. The molecule has 0 fully saturated rings. The smallest absolute Gasteiger partial charge is 0.143 e. The number of nitrogens with zero attached hydrogens (tertiary/aromatic N) is 1. The molecule has 0 radical (unpaired) electrons. The molecule has 0 atom stereocenters. The van der Waals surface area contributed by atoms with Crippen LogP contribution in [0.15, 0.2) is 217 Å². The summed E-state index contributed by atoms with van der Waals surface area (Å²) in [4.78, 5) is 2.41. The maximum absolute atomic E-state index is 6.72. The molecule has 0 bridgehead atoms. The topological polar surface area (TPSA) is 25.6 Å². The highest BCUT2D eigenvalue weighted by Gasteiger charge is 2.51. The first-order valence-electron chi connectivity index (χ1n) is 20.6. The molecule has 3 nitrogen and oxygen atoms in total. The zero-order valence-corrected chi connectivity index (χ0v) is 32.5. The first-order chi connectivity index (χ1) is 29.8. The van der Waals surface area contributed by atoms with Gasteiger partial charge in [0.2, 0.25) is 0 Å². The molecule has 3 heteroatoms. The molecule has 0 unspecified atom stereocenters. The largest absolute Gasteiger partial charge is 0.457 e. The van der Waals surface area contributed by atoms with Gasteiger partial charge in [-0.05, 0) is 92.7 Å². The first-order valence-corrected chi connectivity index (χ1v) is 20.6. The van der Waals surface area contributed by atoms with E-state index >= 15 is 0 Å². The predicted octanol–water partition coefficient (Wildman–Crippen LogP) is 15.5. The Kier molecular flexibility index (Phi) is 6.93. The highest BCUT2D eigenvalue weighted by atomic mass is 16.5. The molecule has 10 aromatic carbocycles. The van der Waals surface area contributed by atoms with Gasteiger partial charge in [-0.2, -0.15) is 0 Å². The van der Waals surface area contributed by atoms with E-state index in [1.165, 1.54) is 55.1 Å². The van der Waals surface area contributed by atoms with Gasteiger partial charge in [0.15, 0.2) is 0 Å². The lowest BCUT2D eigenvalue weighted by Crippen LogP contribution is -2.32. The molecule has 0 saturated carbocycles. The van der Waals surface area contributed by atoms with Crippen LogP contribution in [0.1, 0.15) is 22.3 Å². The van der Waals surface area contributed by atoms with Crippen LogP contribution in [0.3, 0.4) is 0 Å². The molecule has 2 aliphatic rings. The Labute approximate surface area is 347 Å². The summed E-state index contributed by atoms with van der Waals surface area (Å²) in [6.07, 6.45) is 0. The molecule has 1 aromatic heterocycles. The van der Waals surface area contributed by atoms with E-state index in [1.54, 1.807) is 0 Å². The molecule has 1 aliphatic heterocycles. The van der Waals surface area contributed by atoms with Crippen molar-refractivity contribution in [3.8, 4) is 33.8 Å². The molecule has 1 spiro atoms. The summed E-state index contributed by atoms with van der Waals surface area (Å²) in [6, 6.07) is 76.6. The van der Waals surface area contributed by atoms with Crippen molar-refractivity contribution in [1.82, 2.24) is 0 Å². The lowest BCUT2D eigenvalue weighted by molar-refractivity contribution is 0.436. The molecule has 13 rings (SSSR count). The van der Waals surface area contributed by atoms with Crippen molar-refractivity contribution in [3.63, 3.8) is 0 Å². The Bertz CT molecular complexity index is 3490. The molecule has 280 valence electrons. The minimum Gasteiger partial charge on any atom is -0.457 e. The van der Waals surface area contributed by atoms with E-state index in [0.717, 1.165) is 61.4 Å². The molecular formula is C57H35NO2. The quantitative estimate of drug-likeness (QED) is 0.178. The van der Waals surface area contributed by atoms with Gasteiger partial charge in [-0.1, -0.05) is 164 Å². The van der Waals surface area contributed by atoms with Crippen LogP contribution in [0, 0.1) is 0 Å². The Hall–Kier alpha value is -7.88. The summed E-state index contributed by atoms with van der Waals surface area (Å²) in [6.45, 7) is 0. The lowest BCUT2D eigenvalue weighted by atomic mass is 9.66. The fourth-order valence-corrected chi connectivity index (χ4v) is 10.5. The van der Waals surface area contributed by atoms with Gasteiger partial charge in [0.1, 0.15) is 22.7 Å². The second kappa shape index (κ2) is 12.6. The SMILES string of the molecule is c1ccc2c(c1)Oc1ccccc1C21c2ccccc2-c2c(-c3ccc(N(c4cccc5ccccc45)c4cccc5oc6c7ccccc7ccc6c45)cc3)cccc21. The third-order valence-electron chi connectivity index (χ3n) is 12.9. The molecule has 1 aliphatic carbocycles. The fourth-order valence-electron chi connectivity index (χ4n) is 10.5. The highest BCUT2D eigenvalue weighted by Crippen LogP contribution is 2.63. The van der Waals surface area contributed by atoms with Crippen molar-refractivity contribution in [1.29, 1.82) is 0 Å². The van der Waals surface area contributed by atoms with Crippen LogP contribution < -0.4 is 9.64 Å². The normalized spacial score (nSPS) is 13.3.